The molecule has 0 spiro atoms. The third-order valence-electron chi connectivity index (χ3n) is 1.89. The Labute approximate surface area is 83.4 Å². The Bertz CT molecular complexity index is 332. The standard InChI is InChI=1S/C10H13ClN2/c1-3-10(11)9-4-8(5-12)6-13-7(9)2/h3-4,6H,5,12H2,1-2H3/b10-3+. The van der Waals surface area contributed by atoms with Crippen molar-refractivity contribution in [3.63, 3.8) is 0 Å². The maximum atomic E-state index is 6.01. The summed E-state index contributed by atoms with van der Waals surface area (Å²) in [6.07, 6.45) is 3.63. The molecule has 0 aliphatic rings. The van der Waals surface area contributed by atoms with Gasteiger partial charge in [-0.2, -0.15) is 0 Å². The van der Waals surface area contributed by atoms with Gasteiger partial charge in [-0.05, 0) is 25.5 Å². The van der Waals surface area contributed by atoms with Gasteiger partial charge in [0.05, 0.1) is 0 Å². The van der Waals surface area contributed by atoms with Crippen LogP contribution in [-0.2, 0) is 6.54 Å². The van der Waals surface area contributed by atoms with Crippen LogP contribution in [0.1, 0.15) is 23.7 Å². The summed E-state index contributed by atoms with van der Waals surface area (Å²) in [7, 11) is 0. The Morgan fingerprint density at radius 2 is 2.38 bits per heavy atom. The quantitative estimate of drug-likeness (QED) is 0.789. The average Bonchev–Trinajstić information content (AvgIpc) is 2.17. The predicted octanol–water partition coefficient (Wildman–Crippen LogP) is 2.45. The second kappa shape index (κ2) is 4.40. The minimum Gasteiger partial charge on any atom is -0.326 e. The first-order chi connectivity index (χ1) is 6.19. The largest absolute Gasteiger partial charge is 0.326 e. The molecule has 2 N–H and O–H groups in total. The summed E-state index contributed by atoms with van der Waals surface area (Å²) < 4.78 is 0. The molecular formula is C10H13ClN2. The third kappa shape index (κ3) is 2.29. The van der Waals surface area contributed by atoms with Crippen LogP contribution in [0.5, 0.6) is 0 Å². The third-order valence-corrected chi connectivity index (χ3v) is 2.31. The first-order valence-electron chi connectivity index (χ1n) is 4.16. The van der Waals surface area contributed by atoms with E-state index in [1.807, 2.05) is 26.0 Å². The zero-order valence-electron chi connectivity index (χ0n) is 7.84. The maximum absolute atomic E-state index is 6.01. The lowest BCUT2D eigenvalue weighted by Gasteiger charge is -2.05. The Morgan fingerprint density at radius 3 is 2.92 bits per heavy atom. The van der Waals surface area contributed by atoms with Crippen molar-refractivity contribution < 1.29 is 0 Å². The molecule has 0 atom stereocenters. The van der Waals surface area contributed by atoms with Gasteiger partial charge in [0.1, 0.15) is 0 Å². The first-order valence-corrected chi connectivity index (χ1v) is 4.54. The van der Waals surface area contributed by atoms with Crippen molar-refractivity contribution in [3.05, 3.63) is 35.2 Å². The molecule has 70 valence electrons. The molecule has 0 aliphatic heterocycles. The highest BCUT2D eigenvalue weighted by atomic mass is 35.5. The van der Waals surface area contributed by atoms with Crippen molar-refractivity contribution >= 4 is 16.6 Å². The zero-order valence-corrected chi connectivity index (χ0v) is 8.60. The van der Waals surface area contributed by atoms with E-state index in [0.717, 1.165) is 21.9 Å². The molecule has 3 heteroatoms. The Balaban J connectivity index is 3.19. The molecular weight excluding hydrogens is 184 g/mol. The van der Waals surface area contributed by atoms with E-state index in [9.17, 15) is 0 Å². The molecule has 1 aromatic heterocycles. The van der Waals surface area contributed by atoms with E-state index in [-0.39, 0.29) is 0 Å². The zero-order chi connectivity index (χ0) is 9.84. The molecule has 1 aromatic rings. The monoisotopic (exact) mass is 196 g/mol. The van der Waals surface area contributed by atoms with Crippen LogP contribution in [0.3, 0.4) is 0 Å². The van der Waals surface area contributed by atoms with E-state index < -0.39 is 0 Å². The van der Waals surface area contributed by atoms with E-state index in [2.05, 4.69) is 4.98 Å². The number of allylic oxidation sites excluding steroid dienone is 1. The van der Waals surface area contributed by atoms with Crippen LogP contribution in [0.4, 0.5) is 0 Å². The van der Waals surface area contributed by atoms with Crippen molar-refractivity contribution in [1.29, 1.82) is 0 Å². The SMILES string of the molecule is C/C=C(/Cl)c1cc(CN)cnc1C. The van der Waals surface area contributed by atoms with Crippen LogP contribution in [0.25, 0.3) is 5.03 Å². The molecule has 0 unspecified atom stereocenters. The summed E-state index contributed by atoms with van der Waals surface area (Å²) in [5.74, 6) is 0. The van der Waals surface area contributed by atoms with E-state index in [1.54, 1.807) is 6.20 Å². The van der Waals surface area contributed by atoms with Gasteiger partial charge in [0, 0.05) is 29.0 Å². The van der Waals surface area contributed by atoms with Crippen LogP contribution in [0.15, 0.2) is 18.3 Å². The van der Waals surface area contributed by atoms with Crippen molar-refractivity contribution in [3.8, 4) is 0 Å². The number of rotatable bonds is 2. The fraction of sp³-hybridized carbons (Fsp3) is 0.300. The van der Waals surface area contributed by atoms with Gasteiger partial charge in [0.2, 0.25) is 0 Å². The highest BCUT2D eigenvalue weighted by Crippen LogP contribution is 2.21. The number of nitrogens with zero attached hydrogens (tertiary/aromatic N) is 1. The Hall–Kier alpha value is -0.860. The van der Waals surface area contributed by atoms with Crippen molar-refractivity contribution in [2.24, 2.45) is 5.73 Å². The van der Waals surface area contributed by atoms with E-state index >= 15 is 0 Å². The summed E-state index contributed by atoms with van der Waals surface area (Å²) >= 11 is 6.01. The minimum absolute atomic E-state index is 0.494. The molecule has 0 radical (unpaired) electrons. The normalized spacial score (nSPS) is 11.8. The second-order valence-electron chi connectivity index (χ2n) is 2.82. The number of hydrogen-bond donors (Lipinski definition) is 1. The first kappa shape index (κ1) is 10.2. The van der Waals surface area contributed by atoms with Gasteiger partial charge in [-0.3, -0.25) is 4.98 Å². The summed E-state index contributed by atoms with van der Waals surface area (Å²) in [5, 5.41) is 0.723. The molecule has 0 saturated carbocycles. The molecule has 0 saturated heterocycles. The number of aryl methyl sites for hydroxylation is 1. The molecule has 1 rings (SSSR count). The van der Waals surface area contributed by atoms with Gasteiger partial charge in [-0.1, -0.05) is 17.7 Å². The number of nitrogens with two attached hydrogens (primary N) is 1. The lowest BCUT2D eigenvalue weighted by atomic mass is 10.1. The number of hydrogen-bond acceptors (Lipinski definition) is 2. The topological polar surface area (TPSA) is 38.9 Å². The van der Waals surface area contributed by atoms with Crippen LogP contribution in [-0.4, -0.2) is 4.98 Å². The average molecular weight is 197 g/mol. The van der Waals surface area contributed by atoms with E-state index in [1.165, 1.54) is 0 Å². The minimum atomic E-state index is 0.494. The number of aromatic nitrogens is 1. The molecule has 0 aromatic carbocycles. The maximum Gasteiger partial charge on any atom is 0.0459 e. The van der Waals surface area contributed by atoms with Crippen LogP contribution in [0.2, 0.25) is 0 Å². The number of pyridine rings is 1. The van der Waals surface area contributed by atoms with Crippen LogP contribution in [0, 0.1) is 6.92 Å². The molecule has 13 heavy (non-hydrogen) atoms. The smallest absolute Gasteiger partial charge is 0.0459 e. The van der Waals surface area contributed by atoms with E-state index in [0.29, 0.717) is 6.54 Å². The molecule has 1 heterocycles. The lowest BCUT2D eigenvalue weighted by Crippen LogP contribution is -1.99. The van der Waals surface area contributed by atoms with Crippen LogP contribution >= 0.6 is 11.6 Å². The van der Waals surface area contributed by atoms with Crippen molar-refractivity contribution in [1.82, 2.24) is 4.98 Å². The molecule has 0 amide bonds. The van der Waals surface area contributed by atoms with Crippen LogP contribution < -0.4 is 5.73 Å². The lowest BCUT2D eigenvalue weighted by molar-refractivity contribution is 1.03. The van der Waals surface area contributed by atoms with E-state index in [4.69, 9.17) is 17.3 Å². The molecule has 2 nitrogen and oxygen atoms in total. The Morgan fingerprint density at radius 1 is 1.69 bits per heavy atom. The molecule has 0 bridgehead atoms. The van der Waals surface area contributed by atoms with Crippen molar-refractivity contribution in [2.45, 2.75) is 20.4 Å². The van der Waals surface area contributed by atoms with Gasteiger partial charge in [0.15, 0.2) is 0 Å². The second-order valence-corrected chi connectivity index (χ2v) is 3.22. The summed E-state index contributed by atoms with van der Waals surface area (Å²) in [5.41, 5.74) is 8.40. The van der Waals surface area contributed by atoms with Gasteiger partial charge in [-0.15, -0.1) is 0 Å². The van der Waals surface area contributed by atoms with Crippen molar-refractivity contribution in [2.75, 3.05) is 0 Å². The fourth-order valence-corrected chi connectivity index (χ4v) is 1.28. The summed E-state index contributed by atoms with van der Waals surface area (Å²) in [4.78, 5) is 4.21. The fourth-order valence-electron chi connectivity index (χ4n) is 1.09. The molecule has 0 fully saturated rings. The highest BCUT2D eigenvalue weighted by Gasteiger charge is 2.03. The summed E-state index contributed by atoms with van der Waals surface area (Å²) in [6, 6.07) is 1.98. The number of halogens is 1. The summed E-state index contributed by atoms with van der Waals surface area (Å²) in [6.45, 7) is 4.33. The van der Waals surface area contributed by atoms with Gasteiger partial charge in [-0.25, -0.2) is 0 Å². The predicted molar refractivity (Wildman–Crippen MR) is 56.4 cm³/mol. The Kier molecular flexibility index (Phi) is 3.46. The molecule has 0 aliphatic carbocycles. The van der Waals surface area contributed by atoms with Gasteiger partial charge < -0.3 is 5.73 Å². The highest BCUT2D eigenvalue weighted by molar-refractivity contribution is 6.48. The van der Waals surface area contributed by atoms with Gasteiger partial charge in [0.25, 0.3) is 0 Å². The van der Waals surface area contributed by atoms with Gasteiger partial charge >= 0.3 is 0 Å².